The fourth-order valence-electron chi connectivity index (χ4n) is 1.54. The Morgan fingerprint density at radius 2 is 2.05 bits per heavy atom. The first-order valence-electron chi connectivity index (χ1n) is 5.40. The molecule has 0 amide bonds. The van der Waals surface area contributed by atoms with Crippen LogP contribution in [0.15, 0.2) is 40.9 Å². The van der Waals surface area contributed by atoms with E-state index in [0.29, 0.717) is 10.9 Å². The second kappa shape index (κ2) is 4.81. The second-order valence-corrected chi connectivity index (χ2v) is 4.44. The zero-order valence-electron chi connectivity index (χ0n) is 9.93. The molecule has 0 aliphatic heterocycles. The first-order valence-corrected chi connectivity index (χ1v) is 6.63. The number of aromatic nitrogens is 5. The van der Waals surface area contributed by atoms with Gasteiger partial charge in [-0.1, -0.05) is 23.9 Å². The summed E-state index contributed by atoms with van der Waals surface area (Å²) in [4.78, 5) is 0. The summed E-state index contributed by atoms with van der Waals surface area (Å²) in [7, 11) is 0. The van der Waals surface area contributed by atoms with Crippen molar-refractivity contribution in [2.24, 2.45) is 5.10 Å². The molecule has 0 saturated heterocycles. The van der Waals surface area contributed by atoms with Gasteiger partial charge in [0.25, 0.3) is 5.78 Å². The summed E-state index contributed by atoms with van der Waals surface area (Å²) in [5, 5.41) is 17.0. The van der Waals surface area contributed by atoms with Gasteiger partial charge in [-0.05, 0) is 24.0 Å². The maximum absolute atomic E-state index is 12.8. The minimum absolute atomic E-state index is 0.274. The summed E-state index contributed by atoms with van der Waals surface area (Å²) in [6.45, 7) is 0. The van der Waals surface area contributed by atoms with E-state index in [1.165, 1.54) is 28.6 Å². The Morgan fingerprint density at radius 1 is 1.26 bits per heavy atom. The lowest BCUT2D eigenvalue weighted by atomic mass is 10.2. The predicted molar refractivity (Wildman–Crippen MR) is 69.9 cm³/mol. The molecule has 6 nitrogen and oxygen atoms in total. The summed E-state index contributed by atoms with van der Waals surface area (Å²) >= 11 is 1.45. The second-order valence-electron chi connectivity index (χ2n) is 3.67. The van der Waals surface area contributed by atoms with Crippen molar-refractivity contribution in [2.75, 3.05) is 6.26 Å². The summed E-state index contributed by atoms with van der Waals surface area (Å²) in [6, 6.07) is 6.05. The Balaban J connectivity index is 1.92. The van der Waals surface area contributed by atoms with E-state index in [4.69, 9.17) is 0 Å². The molecule has 0 spiro atoms. The molecule has 8 heteroatoms. The highest BCUT2D eigenvalue weighted by Crippen LogP contribution is 2.12. The molecule has 0 fully saturated rings. The maximum atomic E-state index is 12.8. The van der Waals surface area contributed by atoms with Crippen molar-refractivity contribution in [3.05, 3.63) is 42.0 Å². The summed E-state index contributed by atoms with van der Waals surface area (Å²) in [5.41, 5.74) is 0.790. The van der Waals surface area contributed by atoms with Crippen LogP contribution in [0.4, 0.5) is 4.39 Å². The summed E-state index contributed by atoms with van der Waals surface area (Å²) < 4.78 is 15.9. The first-order chi connectivity index (χ1) is 9.28. The molecular weight excluding hydrogens is 267 g/mol. The summed E-state index contributed by atoms with van der Waals surface area (Å²) in [5.74, 6) is 0.256. The minimum atomic E-state index is -0.274. The molecule has 19 heavy (non-hydrogen) atoms. The highest BCUT2D eigenvalue weighted by Gasteiger charge is 2.09. The van der Waals surface area contributed by atoms with Crippen LogP contribution >= 0.6 is 11.8 Å². The SMILES string of the molecule is CSc1nnc2n(/N=C\c3ccc(F)cc3)cnn12. The number of nitrogens with zero attached hydrogens (tertiary/aromatic N) is 6. The molecule has 0 atom stereocenters. The highest BCUT2D eigenvalue weighted by molar-refractivity contribution is 7.98. The van der Waals surface area contributed by atoms with Gasteiger partial charge in [-0.3, -0.25) is 0 Å². The van der Waals surface area contributed by atoms with Crippen molar-refractivity contribution in [3.8, 4) is 0 Å². The van der Waals surface area contributed by atoms with Gasteiger partial charge in [-0.2, -0.15) is 19.4 Å². The van der Waals surface area contributed by atoms with Crippen molar-refractivity contribution in [1.82, 2.24) is 24.5 Å². The van der Waals surface area contributed by atoms with E-state index < -0.39 is 0 Å². The van der Waals surface area contributed by atoms with E-state index in [2.05, 4.69) is 20.4 Å². The van der Waals surface area contributed by atoms with Crippen molar-refractivity contribution >= 4 is 23.8 Å². The lowest BCUT2D eigenvalue weighted by molar-refractivity contribution is 0.628. The van der Waals surface area contributed by atoms with Gasteiger partial charge in [0.1, 0.15) is 12.1 Å². The first kappa shape index (κ1) is 11.8. The Kier molecular flexibility index (Phi) is 3.00. The van der Waals surface area contributed by atoms with Crippen LogP contribution in [-0.4, -0.2) is 37.0 Å². The van der Waals surface area contributed by atoms with Crippen LogP contribution in [-0.2, 0) is 0 Å². The fourth-order valence-corrected chi connectivity index (χ4v) is 1.96. The van der Waals surface area contributed by atoms with E-state index in [9.17, 15) is 4.39 Å². The predicted octanol–water partition coefficient (Wildman–Crippen LogP) is 1.67. The van der Waals surface area contributed by atoms with Gasteiger partial charge in [0.15, 0.2) is 0 Å². The molecule has 1 aromatic carbocycles. The van der Waals surface area contributed by atoms with Gasteiger partial charge in [-0.25, -0.2) is 4.39 Å². The fraction of sp³-hybridized carbons (Fsp3) is 0.0909. The Morgan fingerprint density at radius 3 is 2.79 bits per heavy atom. The molecule has 3 rings (SSSR count). The average Bonchev–Trinajstić information content (AvgIpc) is 3.00. The number of thioether (sulfide) groups is 1. The Bertz CT molecular complexity index is 729. The van der Waals surface area contributed by atoms with Crippen LogP contribution in [0.25, 0.3) is 5.78 Å². The monoisotopic (exact) mass is 276 g/mol. The normalized spacial score (nSPS) is 11.7. The molecule has 2 heterocycles. The van der Waals surface area contributed by atoms with E-state index >= 15 is 0 Å². The highest BCUT2D eigenvalue weighted by atomic mass is 32.2. The molecule has 0 aliphatic carbocycles. The molecule has 0 aliphatic rings. The zero-order valence-corrected chi connectivity index (χ0v) is 10.8. The van der Waals surface area contributed by atoms with Crippen molar-refractivity contribution < 1.29 is 4.39 Å². The number of halogens is 1. The lowest BCUT2D eigenvalue weighted by Crippen LogP contribution is -1.91. The molecule has 96 valence electrons. The molecule has 0 unspecified atom stereocenters. The standard InChI is InChI=1S/C11H9FN6S/c1-19-11-16-15-10-17(7-14-18(10)11)13-6-8-2-4-9(12)5-3-8/h2-7H,1H3/b13-6-. The molecule has 2 aromatic heterocycles. The van der Waals surface area contributed by atoms with Crippen LogP contribution in [0, 0.1) is 5.82 Å². The minimum Gasteiger partial charge on any atom is -0.207 e. The Hall–Kier alpha value is -2.22. The topological polar surface area (TPSA) is 60.4 Å². The molecule has 0 saturated carbocycles. The van der Waals surface area contributed by atoms with E-state index in [0.717, 1.165) is 5.56 Å². The third kappa shape index (κ3) is 2.22. The van der Waals surface area contributed by atoms with Gasteiger partial charge < -0.3 is 0 Å². The van der Waals surface area contributed by atoms with Crippen LogP contribution in [0.5, 0.6) is 0 Å². The van der Waals surface area contributed by atoms with E-state index in [1.54, 1.807) is 29.2 Å². The third-order valence-corrected chi connectivity index (χ3v) is 3.08. The smallest absolute Gasteiger partial charge is 0.207 e. The largest absolute Gasteiger partial charge is 0.275 e. The van der Waals surface area contributed by atoms with E-state index in [1.807, 2.05) is 6.26 Å². The molecule has 0 N–H and O–H groups in total. The number of rotatable bonds is 3. The van der Waals surface area contributed by atoms with Crippen molar-refractivity contribution in [3.63, 3.8) is 0 Å². The maximum Gasteiger partial charge on any atom is 0.275 e. The summed E-state index contributed by atoms with van der Waals surface area (Å²) in [6.07, 6.45) is 5.05. The molecule has 3 aromatic rings. The number of benzene rings is 1. The van der Waals surface area contributed by atoms with Crippen LogP contribution < -0.4 is 0 Å². The van der Waals surface area contributed by atoms with E-state index in [-0.39, 0.29) is 5.82 Å². The Labute approximate surface area is 112 Å². The van der Waals surface area contributed by atoms with Gasteiger partial charge in [0.2, 0.25) is 5.16 Å². The third-order valence-electron chi connectivity index (χ3n) is 2.46. The van der Waals surface area contributed by atoms with Crippen LogP contribution in [0.2, 0.25) is 0 Å². The molecule has 0 radical (unpaired) electrons. The van der Waals surface area contributed by atoms with Crippen LogP contribution in [0.1, 0.15) is 5.56 Å². The lowest BCUT2D eigenvalue weighted by Gasteiger charge is -1.93. The van der Waals surface area contributed by atoms with Gasteiger partial charge in [0.05, 0.1) is 6.21 Å². The van der Waals surface area contributed by atoms with Gasteiger partial charge in [-0.15, -0.1) is 10.2 Å². The molecular formula is C11H9FN6S. The number of fused-ring (bicyclic) bond motifs is 1. The number of hydrogen-bond acceptors (Lipinski definition) is 5. The molecule has 0 bridgehead atoms. The van der Waals surface area contributed by atoms with Crippen molar-refractivity contribution in [2.45, 2.75) is 5.16 Å². The number of hydrogen-bond donors (Lipinski definition) is 0. The zero-order chi connectivity index (χ0) is 13.2. The van der Waals surface area contributed by atoms with Gasteiger partial charge >= 0.3 is 0 Å². The van der Waals surface area contributed by atoms with Crippen LogP contribution in [0.3, 0.4) is 0 Å². The van der Waals surface area contributed by atoms with Gasteiger partial charge in [0, 0.05) is 0 Å². The van der Waals surface area contributed by atoms with Crippen molar-refractivity contribution in [1.29, 1.82) is 0 Å². The quantitative estimate of drug-likeness (QED) is 0.539. The average molecular weight is 276 g/mol.